The Hall–Kier alpha value is -2.33. The lowest BCUT2D eigenvalue weighted by Crippen LogP contribution is -2.26. The van der Waals surface area contributed by atoms with E-state index in [9.17, 15) is 4.79 Å². The SMILES string of the molecule is CCOc1ccccc1C(=O)NCCc1ccc(CO)cc1. The maximum Gasteiger partial charge on any atom is 0.255 e. The topological polar surface area (TPSA) is 58.6 Å². The van der Waals surface area contributed by atoms with Crippen molar-refractivity contribution in [2.45, 2.75) is 20.0 Å². The number of benzene rings is 2. The van der Waals surface area contributed by atoms with Gasteiger partial charge in [0.15, 0.2) is 0 Å². The lowest BCUT2D eigenvalue weighted by Gasteiger charge is -2.10. The smallest absolute Gasteiger partial charge is 0.255 e. The highest BCUT2D eigenvalue weighted by atomic mass is 16.5. The maximum absolute atomic E-state index is 12.2. The molecule has 116 valence electrons. The fourth-order valence-electron chi connectivity index (χ4n) is 2.16. The van der Waals surface area contributed by atoms with Gasteiger partial charge < -0.3 is 15.2 Å². The summed E-state index contributed by atoms with van der Waals surface area (Å²) in [6.45, 7) is 3.02. The van der Waals surface area contributed by atoms with Crippen LogP contribution in [0, 0.1) is 0 Å². The number of carbonyl (C=O) groups excluding carboxylic acids is 1. The number of amides is 1. The lowest BCUT2D eigenvalue weighted by molar-refractivity contribution is 0.0950. The predicted octanol–water partition coefficient (Wildman–Crippen LogP) is 2.55. The minimum atomic E-state index is -0.129. The van der Waals surface area contributed by atoms with Crippen molar-refractivity contribution >= 4 is 5.91 Å². The zero-order valence-corrected chi connectivity index (χ0v) is 12.7. The number of hydrogen-bond acceptors (Lipinski definition) is 3. The molecule has 0 heterocycles. The van der Waals surface area contributed by atoms with Crippen LogP contribution in [0.2, 0.25) is 0 Å². The predicted molar refractivity (Wildman–Crippen MR) is 86.0 cm³/mol. The monoisotopic (exact) mass is 299 g/mol. The number of para-hydroxylation sites is 1. The third-order valence-electron chi connectivity index (χ3n) is 3.34. The number of nitrogens with one attached hydrogen (secondary N) is 1. The standard InChI is InChI=1S/C18H21NO3/c1-2-22-17-6-4-3-5-16(17)18(21)19-12-11-14-7-9-15(13-20)10-8-14/h3-10,20H,2,11-13H2,1H3,(H,19,21). The average Bonchev–Trinajstić information content (AvgIpc) is 2.56. The van der Waals surface area contributed by atoms with Gasteiger partial charge in [-0.3, -0.25) is 4.79 Å². The zero-order chi connectivity index (χ0) is 15.8. The van der Waals surface area contributed by atoms with Crippen LogP contribution in [0.5, 0.6) is 5.75 Å². The Morgan fingerprint density at radius 1 is 1.09 bits per heavy atom. The van der Waals surface area contributed by atoms with Gasteiger partial charge in [-0.05, 0) is 36.6 Å². The van der Waals surface area contributed by atoms with Crippen LogP contribution in [0.3, 0.4) is 0 Å². The van der Waals surface area contributed by atoms with E-state index in [0.29, 0.717) is 24.5 Å². The molecule has 0 atom stereocenters. The molecule has 0 aliphatic rings. The minimum absolute atomic E-state index is 0.0469. The summed E-state index contributed by atoms with van der Waals surface area (Å²) >= 11 is 0. The Labute approximate surface area is 130 Å². The molecule has 0 aliphatic carbocycles. The molecule has 0 fully saturated rings. The lowest BCUT2D eigenvalue weighted by atomic mass is 10.1. The summed E-state index contributed by atoms with van der Waals surface area (Å²) in [4.78, 5) is 12.2. The number of aliphatic hydroxyl groups is 1. The third-order valence-corrected chi connectivity index (χ3v) is 3.34. The zero-order valence-electron chi connectivity index (χ0n) is 12.7. The molecule has 0 spiro atoms. The van der Waals surface area contributed by atoms with E-state index in [0.717, 1.165) is 17.5 Å². The molecular formula is C18H21NO3. The third kappa shape index (κ3) is 4.33. The molecule has 0 saturated heterocycles. The van der Waals surface area contributed by atoms with Gasteiger partial charge in [0.05, 0.1) is 18.8 Å². The van der Waals surface area contributed by atoms with Gasteiger partial charge in [-0.2, -0.15) is 0 Å². The quantitative estimate of drug-likeness (QED) is 0.826. The van der Waals surface area contributed by atoms with E-state index in [4.69, 9.17) is 9.84 Å². The largest absolute Gasteiger partial charge is 0.493 e. The molecule has 0 bridgehead atoms. The highest BCUT2D eigenvalue weighted by Gasteiger charge is 2.10. The van der Waals surface area contributed by atoms with Crippen molar-refractivity contribution in [3.63, 3.8) is 0 Å². The molecular weight excluding hydrogens is 278 g/mol. The van der Waals surface area contributed by atoms with Crippen LogP contribution in [-0.2, 0) is 13.0 Å². The maximum atomic E-state index is 12.2. The van der Waals surface area contributed by atoms with Crippen molar-refractivity contribution in [3.8, 4) is 5.75 Å². The number of hydrogen-bond donors (Lipinski definition) is 2. The Morgan fingerprint density at radius 2 is 1.77 bits per heavy atom. The Morgan fingerprint density at radius 3 is 2.45 bits per heavy atom. The number of carbonyl (C=O) groups is 1. The summed E-state index contributed by atoms with van der Waals surface area (Å²) in [5.74, 6) is 0.478. The Balaban J connectivity index is 1.89. The van der Waals surface area contributed by atoms with Crippen molar-refractivity contribution in [2.24, 2.45) is 0 Å². The van der Waals surface area contributed by atoms with Crippen molar-refractivity contribution in [1.82, 2.24) is 5.32 Å². The first-order chi connectivity index (χ1) is 10.7. The van der Waals surface area contributed by atoms with E-state index in [1.54, 1.807) is 12.1 Å². The molecule has 2 rings (SSSR count). The van der Waals surface area contributed by atoms with E-state index in [-0.39, 0.29) is 12.5 Å². The molecule has 0 unspecified atom stereocenters. The van der Waals surface area contributed by atoms with Crippen LogP contribution < -0.4 is 10.1 Å². The number of rotatable bonds is 7. The molecule has 0 aromatic heterocycles. The van der Waals surface area contributed by atoms with Gasteiger partial charge in [0, 0.05) is 6.54 Å². The number of aliphatic hydroxyl groups excluding tert-OH is 1. The van der Waals surface area contributed by atoms with E-state index < -0.39 is 0 Å². The summed E-state index contributed by atoms with van der Waals surface area (Å²) in [5.41, 5.74) is 2.56. The van der Waals surface area contributed by atoms with Crippen LogP contribution in [0.25, 0.3) is 0 Å². The first-order valence-electron chi connectivity index (χ1n) is 7.43. The Kier molecular flexibility index (Phi) is 5.98. The van der Waals surface area contributed by atoms with Crippen LogP contribution in [0.1, 0.15) is 28.4 Å². The molecule has 2 aromatic rings. The molecule has 2 aromatic carbocycles. The fourth-order valence-corrected chi connectivity index (χ4v) is 2.16. The van der Waals surface area contributed by atoms with Gasteiger partial charge in [0.1, 0.15) is 5.75 Å². The van der Waals surface area contributed by atoms with Gasteiger partial charge >= 0.3 is 0 Å². The second-order valence-corrected chi connectivity index (χ2v) is 4.91. The summed E-state index contributed by atoms with van der Waals surface area (Å²) in [6, 6.07) is 14.9. The molecule has 2 N–H and O–H groups in total. The van der Waals surface area contributed by atoms with Crippen molar-refractivity contribution in [2.75, 3.05) is 13.2 Å². The van der Waals surface area contributed by atoms with Crippen LogP contribution in [0.4, 0.5) is 0 Å². The van der Waals surface area contributed by atoms with Gasteiger partial charge in [0.25, 0.3) is 5.91 Å². The van der Waals surface area contributed by atoms with Gasteiger partial charge in [-0.25, -0.2) is 0 Å². The summed E-state index contributed by atoms with van der Waals surface area (Å²) in [5, 5.41) is 11.9. The normalized spacial score (nSPS) is 10.3. The molecule has 22 heavy (non-hydrogen) atoms. The van der Waals surface area contributed by atoms with Crippen molar-refractivity contribution in [1.29, 1.82) is 0 Å². The van der Waals surface area contributed by atoms with Gasteiger partial charge in [0.2, 0.25) is 0 Å². The first kappa shape index (κ1) is 16.0. The van der Waals surface area contributed by atoms with Crippen LogP contribution in [-0.4, -0.2) is 24.2 Å². The first-order valence-corrected chi connectivity index (χ1v) is 7.43. The van der Waals surface area contributed by atoms with Gasteiger partial charge in [-0.15, -0.1) is 0 Å². The second-order valence-electron chi connectivity index (χ2n) is 4.91. The van der Waals surface area contributed by atoms with E-state index >= 15 is 0 Å². The highest BCUT2D eigenvalue weighted by Crippen LogP contribution is 2.17. The summed E-state index contributed by atoms with van der Waals surface area (Å²) in [7, 11) is 0. The van der Waals surface area contributed by atoms with E-state index in [1.165, 1.54) is 0 Å². The molecule has 4 nitrogen and oxygen atoms in total. The van der Waals surface area contributed by atoms with Gasteiger partial charge in [-0.1, -0.05) is 36.4 Å². The van der Waals surface area contributed by atoms with Crippen LogP contribution >= 0.6 is 0 Å². The number of ether oxygens (including phenoxy) is 1. The molecule has 4 heteroatoms. The summed E-state index contributed by atoms with van der Waals surface area (Å²) < 4.78 is 5.46. The van der Waals surface area contributed by atoms with Crippen LogP contribution in [0.15, 0.2) is 48.5 Å². The second kappa shape index (κ2) is 8.20. The average molecular weight is 299 g/mol. The summed E-state index contributed by atoms with van der Waals surface area (Å²) in [6.07, 6.45) is 0.744. The molecule has 0 saturated carbocycles. The Bertz CT molecular complexity index is 608. The highest BCUT2D eigenvalue weighted by molar-refractivity contribution is 5.96. The molecule has 0 aliphatic heterocycles. The van der Waals surface area contributed by atoms with Crippen molar-refractivity contribution < 1.29 is 14.6 Å². The van der Waals surface area contributed by atoms with Crippen molar-refractivity contribution in [3.05, 3.63) is 65.2 Å². The van der Waals surface area contributed by atoms with E-state index in [1.807, 2.05) is 43.3 Å². The molecule has 0 radical (unpaired) electrons. The van der Waals surface area contributed by atoms with E-state index in [2.05, 4.69) is 5.32 Å². The fraction of sp³-hybridized carbons (Fsp3) is 0.278. The molecule has 1 amide bonds. The minimum Gasteiger partial charge on any atom is -0.493 e.